The predicted molar refractivity (Wildman–Crippen MR) is 67.9 cm³/mol. The number of amides is 1. The minimum Gasteiger partial charge on any atom is -0.376 e. The van der Waals surface area contributed by atoms with Gasteiger partial charge in [-0.3, -0.25) is 4.79 Å². The van der Waals surface area contributed by atoms with Crippen molar-refractivity contribution >= 4 is 11.6 Å². The van der Waals surface area contributed by atoms with E-state index in [1.165, 1.54) is 18.2 Å². The van der Waals surface area contributed by atoms with Gasteiger partial charge in [-0.25, -0.2) is 0 Å². The van der Waals surface area contributed by atoms with E-state index in [2.05, 4.69) is 10.6 Å². The topological polar surface area (TPSA) is 41.1 Å². The number of carbonyl (C=O) groups excluding carboxylic acids is 1. The van der Waals surface area contributed by atoms with Crippen LogP contribution in [0.3, 0.4) is 0 Å². The maximum atomic E-state index is 12.7. The van der Waals surface area contributed by atoms with Gasteiger partial charge in [0.15, 0.2) is 0 Å². The molecule has 0 saturated heterocycles. The number of alkyl halides is 3. The number of rotatable bonds is 6. The molecule has 1 rings (SSSR count). The second-order valence-electron chi connectivity index (χ2n) is 4.10. The second-order valence-corrected chi connectivity index (χ2v) is 4.10. The standard InChI is InChI=1S/C13H17F3N2O/c1-2-3-8-17-12(19)9-18-11-7-5-4-6-10(11)13(14,15)16/h4-7,18H,2-3,8-9H2,1H3,(H,17,19). The molecular weight excluding hydrogens is 257 g/mol. The molecule has 0 atom stereocenters. The molecule has 6 heteroatoms. The highest BCUT2D eigenvalue weighted by atomic mass is 19.4. The molecule has 0 heterocycles. The van der Waals surface area contributed by atoms with Gasteiger partial charge in [0.2, 0.25) is 5.91 Å². The van der Waals surface area contributed by atoms with Crippen molar-refractivity contribution in [1.29, 1.82) is 0 Å². The lowest BCUT2D eigenvalue weighted by molar-refractivity contribution is -0.137. The van der Waals surface area contributed by atoms with Gasteiger partial charge in [-0.1, -0.05) is 25.5 Å². The quantitative estimate of drug-likeness (QED) is 0.783. The van der Waals surface area contributed by atoms with E-state index in [0.717, 1.165) is 18.9 Å². The van der Waals surface area contributed by atoms with Crippen LogP contribution in [0.5, 0.6) is 0 Å². The van der Waals surface area contributed by atoms with Crippen LogP contribution in [0.1, 0.15) is 25.3 Å². The zero-order valence-electron chi connectivity index (χ0n) is 10.7. The highest BCUT2D eigenvalue weighted by Gasteiger charge is 2.33. The van der Waals surface area contributed by atoms with Gasteiger partial charge < -0.3 is 10.6 Å². The fourth-order valence-electron chi connectivity index (χ4n) is 1.53. The fourth-order valence-corrected chi connectivity index (χ4v) is 1.53. The first-order chi connectivity index (χ1) is 8.95. The van der Waals surface area contributed by atoms with E-state index in [0.29, 0.717) is 6.54 Å². The Hall–Kier alpha value is -1.72. The Morgan fingerprint density at radius 3 is 2.58 bits per heavy atom. The lowest BCUT2D eigenvalue weighted by Crippen LogP contribution is -2.31. The number of carbonyl (C=O) groups is 1. The van der Waals surface area contributed by atoms with Crippen LogP contribution < -0.4 is 10.6 Å². The summed E-state index contributed by atoms with van der Waals surface area (Å²) in [7, 11) is 0. The minimum absolute atomic E-state index is 0.0827. The zero-order valence-corrected chi connectivity index (χ0v) is 10.7. The molecule has 0 aliphatic rings. The third-order valence-corrected chi connectivity index (χ3v) is 2.52. The molecule has 19 heavy (non-hydrogen) atoms. The van der Waals surface area contributed by atoms with E-state index in [1.54, 1.807) is 0 Å². The number of hydrogen-bond donors (Lipinski definition) is 2. The number of halogens is 3. The first kappa shape index (κ1) is 15.3. The Labute approximate surface area is 110 Å². The average molecular weight is 274 g/mol. The summed E-state index contributed by atoms with van der Waals surface area (Å²) >= 11 is 0. The van der Waals surface area contributed by atoms with E-state index in [4.69, 9.17) is 0 Å². The van der Waals surface area contributed by atoms with Gasteiger partial charge in [-0.15, -0.1) is 0 Å². The molecule has 0 fully saturated rings. The Balaban J connectivity index is 2.56. The first-order valence-corrected chi connectivity index (χ1v) is 6.12. The predicted octanol–water partition coefficient (Wildman–Crippen LogP) is 3.03. The molecule has 1 amide bonds. The SMILES string of the molecule is CCCCNC(=O)CNc1ccccc1C(F)(F)F. The normalized spacial score (nSPS) is 11.2. The Bertz CT molecular complexity index is 419. The Kier molecular flexibility index (Phi) is 5.66. The van der Waals surface area contributed by atoms with Gasteiger partial charge in [0, 0.05) is 12.2 Å². The van der Waals surface area contributed by atoms with E-state index >= 15 is 0 Å². The Morgan fingerprint density at radius 1 is 1.26 bits per heavy atom. The number of anilines is 1. The minimum atomic E-state index is -4.43. The fraction of sp³-hybridized carbons (Fsp3) is 0.462. The number of nitrogens with one attached hydrogen (secondary N) is 2. The lowest BCUT2D eigenvalue weighted by atomic mass is 10.1. The molecule has 0 spiro atoms. The number of para-hydroxylation sites is 1. The molecule has 1 aromatic rings. The van der Waals surface area contributed by atoms with E-state index in [-0.39, 0.29) is 18.1 Å². The number of benzene rings is 1. The molecule has 0 radical (unpaired) electrons. The summed E-state index contributed by atoms with van der Waals surface area (Å²) in [6.07, 6.45) is -2.63. The maximum Gasteiger partial charge on any atom is 0.418 e. The molecule has 0 bridgehead atoms. The first-order valence-electron chi connectivity index (χ1n) is 6.12. The van der Waals surface area contributed by atoms with Gasteiger partial charge in [0.05, 0.1) is 12.1 Å². The van der Waals surface area contributed by atoms with Gasteiger partial charge in [0.25, 0.3) is 0 Å². The molecule has 106 valence electrons. The van der Waals surface area contributed by atoms with Gasteiger partial charge in [-0.2, -0.15) is 13.2 Å². The summed E-state index contributed by atoms with van der Waals surface area (Å²) in [5.74, 6) is -0.314. The van der Waals surface area contributed by atoms with Crippen molar-refractivity contribution in [2.45, 2.75) is 25.9 Å². The van der Waals surface area contributed by atoms with Crippen LogP contribution in [-0.2, 0) is 11.0 Å². The summed E-state index contributed by atoms with van der Waals surface area (Å²) in [4.78, 5) is 11.4. The highest BCUT2D eigenvalue weighted by Crippen LogP contribution is 2.34. The zero-order chi connectivity index (χ0) is 14.3. The van der Waals surface area contributed by atoms with Crippen molar-refractivity contribution < 1.29 is 18.0 Å². The average Bonchev–Trinajstić information content (AvgIpc) is 2.36. The van der Waals surface area contributed by atoms with Gasteiger partial charge in [-0.05, 0) is 18.6 Å². The van der Waals surface area contributed by atoms with Crippen LogP contribution in [0.15, 0.2) is 24.3 Å². The molecule has 0 saturated carbocycles. The third-order valence-electron chi connectivity index (χ3n) is 2.52. The molecule has 3 nitrogen and oxygen atoms in total. The maximum absolute atomic E-state index is 12.7. The molecule has 0 aliphatic carbocycles. The number of hydrogen-bond acceptors (Lipinski definition) is 2. The van der Waals surface area contributed by atoms with Crippen molar-refractivity contribution in [3.8, 4) is 0 Å². The monoisotopic (exact) mass is 274 g/mol. The molecule has 2 N–H and O–H groups in total. The van der Waals surface area contributed by atoms with E-state index < -0.39 is 11.7 Å². The van der Waals surface area contributed by atoms with Crippen molar-refractivity contribution in [3.05, 3.63) is 29.8 Å². The van der Waals surface area contributed by atoms with E-state index in [1.807, 2.05) is 6.92 Å². The summed E-state index contributed by atoms with van der Waals surface area (Å²) < 4.78 is 38.0. The second kappa shape index (κ2) is 7.01. The van der Waals surface area contributed by atoms with Gasteiger partial charge >= 0.3 is 6.18 Å². The summed E-state index contributed by atoms with van der Waals surface area (Å²) in [6.45, 7) is 2.36. The summed E-state index contributed by atoms with van der Waals surface area (Å²) in [5.41, 5.74) is -0.850. The molecular formula is C13H17F3N2O. The van der Waals surface area contributed by atoms with Crippen molar-refractivity contribution in [2.24, 2.45) is 0 Å². The van der Waals surface area contributed by atoms with Crippen molar-refractivity contribution in [2.75, 3.05) is 18.4 Å². The van der Waals surface area contributed by atoms with Crippen molar-refractivity contribution in [3.63, 3.8) is 0 Å². The molecule has 1 aromatic carbocycles. The summed E-state index contributed by atoms with van der Waals surface area (Å²) in [6, 6.07) is 5.10. The molecule has 0 aliphatic heterocycles. The van der Waals surface area contributed by atoms with Crippen LogP contribution in [-0.4, -0.2) is 19.0 Å². The molecule has 0 unspecified atom stereocenters. The number of unbranched alkanes of at least 4 members (excludes halogenated alkanes) is 1. The smallest absolute Gasteiger partial charge is 0.376 e. The van der Waals surface area contributed by atoms with E-state index in [9.17, 15) is 18.0 Å². The van der Waals surface area contributed by atoms with Crippen LogP contribution in [0, 0.1) is 0 Å². The molecule has 0 aromatic heterocycles. The Morgan fingerprint density at radius 2 is 1.95 bits per heavy atom. The van der Waals surface area contributed by atoms with Crippen LogP contribution in [0.2, 0.25) is 0 Å². The highest BCUT2D eigenvalue weighted by molar-refractivity contribution is 5.80. The van der Waals surface area contributed by atoms with Crippen LogP contribution in [0.25, 0.3) is 0 Å². The van der Waals surface area contributed by atoms with Crippen LogP contribution in [0.4, 0.5) is 18.9 Å². The van der Waals surface area contributed by atoms with Crippen molar-refractivity contribution in [1.82, 2.24) is 5.32 Å². The van der Waals surface area contributed by atoms with Crippen LogP contribution >= 0.6 is 0 Å². The third kappa shape index (κ3) is 5.19. The van der Waals surface area contributed by atoms with Gasteiger partial charge in [0.1, 0.15) is 0 Å². The summed E-state index contributed by atoms with van der Waals surface area (Å²) in [5, 5.41) is 5.14. The largest absolute Gasteiger partial charge is 0.418 e. The lowest BCUT2D eigenvalue weighted by Gasteiger charge is -2.14.